The first-order valence-electron chi connectivity index (χ1n) is 7.29. The zero-order valence-electron chi connectivity index (χ0n) is 13.4. The van der Waals surface area contributed by atoms with Crippen molar-refractivity contribution in [3.63, 3.8) is 0 Å². The van der Waals surface area contributed by atoms with Crippen LogP contribution in [-0.4, -0.2) is 18.4 Å². The molecule has 6 nitrogen and oxygen atoms in total. The first-order chi connectivity index (χ1) is 11.5. The monoisotopic (exact) mass is 323 g/mol. The number of nitrogens with zero attached hydrogens (tertiary/aromatic N) is 1. The lowest BCUT2D eigenvalue weighted by Gasteiger charge is -2.11. The minimum atomic E-state index is -0.488. The number of rotatable bonds is 4. The second-order valence-electron chi connectivity index (χ2n) is 5.17. The summed E-state index contributed by atoms with van der Waals surface area (Å²) in [5, 5.41) is 8.70. The Morgan fingerprint density at radius 3 is 2.46 bits per heavy atom. The van der Waals surface area contributed by atoms with Gasteiger partial charge >= 0.3 is 0 Å². The molecule has 0 saturated carbocycles. The number of benzene rings is 2. The van der Waals surface area contributed by atoms with Gasteiger partial charge in [0.15, 0.2) is 6.61 Å². The highest BCUT2D eigenvalue weighted by Crippen LogP contribution is 2.12. The zero-order valence-corrected chi connectivity index (χ0v) is 13.4. The number of hydrogen-bond donors (Lipinski definition) is 2. The predicted molar refractivity (Wildman–Crippen MR) is 88.2 cm³/mol. The molecule has 0 bridgehead atoms. The van der Waals surface area contributed by atoms with Gasteiger partial charge in [-0.3, -0.25) is 20.4 Å². The van der Waals surface area contributed by atoms with Crippen LogP contribution in [0.3, 0.4) is 0 Å². The summed E-state index contributed by atoms with van der Waals surface area (Å²) in [4.78, 5) is 23.8. The van der Waals surface area contributed by atoms with Crippen molar-refractivity contribution in [2.45, 2.75) is 13.8 Å². The maximum atomic E-state index is 12.1. The van der Waals surface area contributed by atoms with Crippen LogP contribution in [0, 0.1) is 25.2 Å². The molecule has 2 N–H and O–H groups in total. The van der Waals surface area contributed by atoms with Gasteiger partial charge < -0.3 is 4.74 Å². The Morgan fingerprint density at radius 1 is 1.08 bits per heavy atom. The van der Waals surface area contributed by atoms with Gasteiger partial charge in [0.2, 0.25) is 0 Å². The van der Waals surface area contributed by atoms with E-state index in [-0.39, 0.29) is 12.5 Å². The summed E-state index contributed by atoms with van der Waals surface area (Å²) in [6.45, 7) is 3.51. The fourth-order valence-corrected chi connectivity index (χ4v) is 2.00. The van der Waals surface area contributed by atoms with Crippen molar-refractivity contribution < 1.29 is 14.3 Å². The van der Waals surface area contributed by atoms with Crippen LogP contribution in [-0.2, 0) is 4.79 Å². The Balaban J connectivity index is 1.83. The smallest absolute Gasteiger partial charge is 0.276 e. The van der Waals surface area contributed by atoms with Crippen LogP contribution >= 0.6 is 0 Å². The fraction of sp³-hybridized carbons (Fsp3) is 0.167. The summed E-state index contributed by atoms with van der Waals surface area (Å²) in [5.74, 6) is -0.411. The number of nitriles is 1. The molecule has 6 heteroatoms. The van der Waals surface area contributed by atoms with E-state index >= 15 is 0 Å². The van der Waals surface area contributed by atoms with E-state index in [1.165, 1.54) is 0 Å². The molecule has 2 aromatic carbocycles. The highest BCUT2D eigenvalue weighted by molar-refractivity contribution is 5.97. The van der Waals surface area contributed by atoms with Gasteiger partial charge in [-0.2, -0.15) is 5.26 Å². The van der Waals surface area contributed by atoms with Crippen molar-refractivity contribution in [2.24, 2.45) is 0 Å². The molecule has 24 heavy (non-hydrogen) atoms. The average molecular weight is 323 g/mol. The number of amides is 2. The summed E-state index contributed by atoms with van der Waals surface area (Å²) >= 11 is 0. The lowest BCUT2D eigenvalue weighted by Crippen LogP contribution is -2.44. The summed E-state index contributed by atoms with van der Waals surface area (Å²) < 4.78 is 5.28. The maximum absolute atomic E-state index is 12.1. The minimum Gasteiger partial charge on any atom is -0.484 e. The third-order valence-electron chi connectivity index (χ3n) is 3.52. The van der Waals surface area contributed by atoms with Gasteiger partial charge in [0.25, 0.3) is 11.8 Å². The number of carbonyl (C=O) groups is 2. The molecule has 0 unspecified atom stereocenters. The molecular weight excluding hydrogens is 306 g/mol. The Bertz CT molecular complexity index is 792. The normalized spacial score (nSPS) is 9.71. The quantitative estimate of drug-likeness (QED) is 0.842. The zero-order chi connectivity index (χ0) is 17.5. The van der Waals surface area contributed by atoms with Crippen LogP contribution in [0.2, 0.25) is 0 Å². The van der Waals surface area contributed by atoms with E-state index < -0.39 is 5.91 Å². The highest BCUT2D eigenvalue weighted by Gasteiger charge is 2.11. The van der Waals surface area contributed by atoms with E-state index in [1.54, 1.807) is 36.4 Å². The second kappa shape index (κ2) is 7.79. The summed E-state index contributed by atoms with van der Waals surface area (Å²) in [6.07, 6.45) is 0. The van der Waals surface area contributed by atoms with Crippen molar-refractivity contribution in [1.29, 1.82) is 5.26 Å². The number of ether oxygens (including phenoxy) is 1. The van der Waals surface area contributed by atoms with E-state index in [1.807, 2.05) is 26.0 Å². The number of aryl methyl sites for hydroxylation is 1. The molecular formula is C18H17N3O3. The molecule has 2 amide bonds. The molecule has 0 saturated heterocycles. The Morgan fingerprint density at radius 2 is 1.79 bits per heavy atom. The molecule has 2 aromatic rings. The number of carbonyl (C=O) groups excluding carboxylic acids is 2. The maximum Gasteiger partial charge on any atom is 0.276 e. The molecule has 0 radical (unpaired) electrons. The van der Waals surface area contributed by atoms with E-state index in [4.69, 9.17) is 10.00 Å². The first kappa shape index (κ1) is 17.0. The summed E-state index contributed by atoms with van der Waals surface area (Å²) in [5.41, 5.74) is 7.53. The molecule has 0 aromatic heterocycles. The molecule has 0 aliphatic heterocycles. The molecule has 0 atom stereocenters. The molecule has 0 fully saturated rings. The van der Waals surface area contributed by atoms with E-state index in [2.05, 4.69) is 10.9 Å². The molecule has 0 heterocycles. The van der Waals surface area contributed by atoms with E-state index in [0.717, 1.165) is 11.1 Å². The number of hydrazine groups is 1. The molecule has 2 rings (SSSR count). The predicted octanol–water partition coefficient (Wildman–Crippen LogP) is 2.02. The Labute approximate surface area is 140 Å². The van der Waals surface area contributed by atoms with Gasteiger partial charge in [-0.1, -0.05) is 12.1 Å². The Hall–Kier alpha value is -3.33. The first-order valence-corrected chi connectivity index (χ1v) is 7.29. The van der Waals surface area contributed by atoms with Gasteiger partial charge in [0.1, 0.15) is 5.75 Å². The minimum absolute atomic E-state index is 0.251. The van der Waals surface area contributed by atoms with Crippen LogP contribution in [0.15, 0.2) is 42.5 Å². The van der Waals surface area contributed by atoms with Gasteiger partial charge in [-0.25, -0.2) is 0 Å². The lowest BCUT2D eigenvalue weighted by molar-refractivity contribution is -0.123. The van der Waals surface area contributed by atoms with Crippen LogP contribution in [0.1, 0.15) is 27.0 Å². The van der Waals surface area contributed by atoms with Crippen molar-refractivity contribution in [3.8, 4) is 11.8 Å². The van der Waals surface area contributed by atoms with Crippen LogP contribution < -0.4 is 15.6 Å². The van der Waals surface area contributed by atoms with E-state index in [9.17, 15) is 9.59 Å². The number of hydrogen-bond acceptors (Lipinski definition) is 4. The van der Waals surface area contributed by atoms with Gasteiger partial charge in [-0.15, -0.1) is 0 Å². The summed E-state index contributed by atoms with van der Waals surface area (Å²) in [6, 6.07) is 13.8. The molecule has 0 spiro atoms. The molecule has 0 aliphatic carbocycles. The van der Waals surface area contributed by atoms with Crippen LogP contribution in [0.25, 0.3) is 0 Å². The third-order valence-corrected chi connectivity index (χ3v) is 3.52. The number of nitrogens with one attached hydrogen (secondary N) is 2. The topological polar surface area (TPSA) is 91.2 Å². The van der Waals surface area contributed by atoms with Gasteiger partial charge in [-0.05, 0) is 55.3 Å². The lowest BCUT2D eigenvalue weighted by atomic mass is 10.0. The van der Waals surface area contributed by atoms with E-state index in [0.29, 0.717) is 16.9 Å². The largest absolute Gasteiger partial charge is 0.484 e. The van der Waals surface area contributed by atoms with Crippen molar-refractivity contribution in [3.05, 3.63) is 64.7 Å². The van der Waals surface area contributed by atoms with Gasteiger partial charge in [0.05, 0.1) is 11.6 Å². The van der Waals surface area contributed by atoms with Crippen molar-refractivity contribution in [2.75, 3.05) is 6.61 Å². The highest BCUT2D eigenvalue weighted by atomic mass is 16.5. The van der Waals surface area contributed by atoms with Gasteiger partial charge in [0, 0.05) is 5.56 Å². The van der Waals surface area contributed by atoms with Crippen LogP contribution in [0.5, 0.6) is 5.75 Å². The van der Waals surface area contributed by atoms with Crippen molar-refractivity contribution in [1.82, 2.24) is 10.9 Å². The van der Waals surface area contributed by atoms with Crippen LogP contribution in [0.4, 0.5) is 0 Å². The second-order valence-corrected chi connectivity index (χ2v) is 5.17. The summed E-state index contributed by atoms with van der Waals surface area (Å²) in [7, 11) is 0. The Kier molecular flexibility index (Phi) is 5.53. The third kappa shape index (κ3) is 4.34. The average Bonchev–Trinajstić information content (AvgIpc) is 2.60. The standard InChI is InChI=1S/C18H17N3O3/c1-12-4-3-5-16(13(12)2)18(23)21-20-17(22)11-24-15-8-6-14(10-19)7-9-15/h3-9H,11H2,1-2H3,(H,20,22)(H,21,23). The molecule has 0 aliphatic rings. The molecule has 122 valence electrons. The van der Waals surface area contributed by atoms with Crippen molar-refractivity contribution >= 4 is 11.8 Å². The fourth-order valence-electron chi connectivity index (χ4n) is 2.00. The SMILES string of the molecule is Cc1cccc(C(=O)NNC(=O)COc2ccc(C#N)cc2)c1C.